The molecule has 1 unspecified atom stereocenters. The molecule has 2 aromatic rings. The van der Waals surface area contributed by atoms with Gasteiger partial charge >= 0.3 is 0 Å². The fraction of sp³-hybridized carbons (Fsp3) is 0.385. The Morgan fingerprint density at radius 2 is 2.24 bits per heavy atom. The molecule has 0 amide bonds. The number of benzene rings is 1. The highest BCUT2D eigenvalue weighted by atomic mass is 19.1. The van der Waals surface area contributed by atoms with Crippen molar-refractivity contribution >= 4 is 11.0 Å². The summed E-state index contributed by atoms with van der Waals surface area (Å²) in [6.45, 7) is 2.79. The summed E-state index contributed by atoms with van der Waals surface area (Å²) in [5, 5.41) is 10.5. The van der Waals surface area contributed by atoms with Gasteiger partial charge in [-0.2, -0.15) is 0 Å². The summed E-state index contributed by atoms with van der Waals surface area (Å²) in [6.07, 6.45) is 0.0925. The first-order valence-corrected chi connectivity index (χ1v) is 5.65. The van der Waals surface area contributed by atoms with Gasteiger partial charge in [0, 0.05) is 12.0 Å². The van der Waals surface area contributed by atoms with E-state index < -0.39 is 6.10 Å². The SMILES string of the molecule is CCCOCC(O)c1cc2cc(F)ccc2o1. The molecule has 0 spiro atoms. The summed E-state index contributed by atoms with van der Waals surface area (Å²) in [7, 11) is 0. The minimum absolute atomic E-state index is 0.191. The van der Waals surface area contributed by atoms with Gasteiger partial charge in [-0.25, -0.2) is 4.39 Å². The van der Waals surface area contributed by atoms with Gasteiger partial charge in [-0.3, -0.25) is 0 Å². The third-order valence-corrected chi connectivity index (χ3v) is 2.45. The molecule has 0 aliphatic heterocycles. The number of hydrogen-bond acceptors (Lipinski definition) is 3. The van der Waals surface area contributed by atoms with Gasteiger partial charge in [-0.05, 0) is 30.7 Å². The van der Waals surface area contributed by atoms with E-state index >= 15 is 0 Å². The van der Waals surface area contributed by atoms with Crippen molar-refractivity contribution in [3.63, 3.8) is 0 Å². The zero-order valence-electron chi connectivity index (χ0n) is 9.65. The Morgan fingerprint density at radius 3 is 3.00 bits per heavy atom. The Kier molecular flexibility index (Phi) is 3.76. The largest absolute Gasteiger partial charge is 0.458 e. The molecule has 1 aromatic carbocycles. The van der Waals surface area contributed by atoms with Crippen molar-refractivity contribution in [1.29, 1.82) is 0 Å². The highest BCUT2D eigenvalue weighted by molar-refractivity contribution is 5.77. The van der Waals surface area contributed by atoms with Gasteiger partial charge in [0.25, 0.3) is 0 Å². The molecule has 3 nitrogen and oxygen atoms in total. The van der Waals surface area contributed by atoms with Crippen LogP contribution in [-0.4, -0.2) is 18.3 Å². The highest BCUT2D eigenvalue weighted by Gasteiger charge is 2.13. The van der Waals surface area contributed by atoms with E-state index in [-0.39, 0.29) is 12.4 Å². The van der Waals surface area contributed by atoms with E-state index in [1.165, 1.54) is 12.1 Å². The molecule has 0 radical (unpaired) electrons. The predicted octanol–water partition coefficient (Wildman–Crippen LogP) is 3.03. The molecule has 0 fully saturated rings. The van der Waals surface area contributed by atoms with Gasteiger partial charge in [-0.1, -0.05) is 6.92 Å². The third-order valence-electron chi connectivity index (χ3n) is 2.45. The zero-order chi connectivity index (χ0) is 12.3. The first-order chi connectivity index (χ1) is 8.20. The number of rotatable bonds is 5. The Labute approximate surface area is 98.8 Å². The molecule has 2 rings (SSSR count). The van der Waals surface area contributed by atoms with E-state index in [1.54, 1.807) is 12.1 Å². The summed E-state index contributed by atoms with van der Waals surface area (Å²) < 4.78 is 23.6. The standard InChI is InChI=1S/C13H15FO3/c1-2-5-16-8-11(15)13-7-9-6-10(14)3-4-12(9)17-13/h3-4,6-7,11,15H,2,5,8H2,1H3. The molecule has 17 heavy (non-hydrogen) atoms. The van der Waals surface area contributed by atoms with E-state index in [2.05, 4.69) is 0 Å². The molecule has 0 saturated heterocycles. The lowest BCUT2D eigenvalue weighted by Crippen LogP contribution is -2.06. The van der Waals surface area contributed by atoms with Gasteiger partial charge in [0.2, 0.25) is 0 Å². The van der Waals surface area contributed by atoms with Crippen LogP contribution in [0.15, 0.2) is 28.7 Å². The molecule has 0 aliphatic carbocycles. The van der Waals surface area contributed by atoms with E-state index in [0.717, 1.165) is 6.42 Å². The molecule has 92 valence electrons. The minimum atomic E-state index is -0.808. The average Bonchev–Trinajstić information content (AvgIpc) is 2.72. The van der Waals surface area contributed by atoms with Crippen LogP contribution >= 0.6 is 0 Å². The maximum absolute atomic E-state index is 13.0. The number of hydrogen-bond donors (Lipinski definition) is 1. The van der Waals surface area contributed by atoms with Crippen molar-refractivity contribution in [2.24, 2.45) is 0 Å². The van der Waals surface area contributed by atoms with Gasteiger partial charge in [0.1, 0.15) is 23.3 Å². The van der Waals surface area contributed by atoms with Crippen LogP contribution in [0.5, 0.6) is 0 Å². The van der Waals surface area contributed by atoms with Gasteiger partial charge in [-0.15, -0.1) is 0 Å². The van der Waals surface area contributed by atoms with Crippen LogP contribution in [0.25, 0.3) is 11.0 Å². The van der Waals surface area contributed by atoms with E-state index in [4.69, 9.17) is 9.15 Å². The van der Waals surface area contributed by atoms with Crippen molar-refractivity contribution in [3.8, 4) is 0 Å². The van der Waals surface area contributed by atoms with Crippen molar-refractivity contribution in [2.75, 3.05) is 13.2 Å². The summed E-state index contributed by atoms with van der Waals surface area (Å²) in [5.74, 6) is 0.0864. The number of furan rings is 1. The number of fused-ring (bicyclic) bond motifs is 1. The fourth-order valence-electron chi connectivity index (χ4n) is 1.62. The van der Waals surface area contributed by atoms with Crippen LogP contribution in [-0.2, 0) is 4.74 Å². The molecule has 0 saturated carbocycles. The molecular formula is C13H15FO3. The topological polar surface area (TPSA) is 42.6 Å². The molecule has 4 heteroatoms. The molecular weight excluding hydrogens is 223 g/mol. The normalized spacial score (nSPS) is 13.1. The van der Waals surface area contributed by atoms with Crippen LogP contribution in [0.1, 0.15) is 25.2 Å². The molecule has 0 aliphatic rings. The van der Waals surface area contributed by atoms with Crippen LogP contribution < -0.4 is 0 Å². The lowest BCUT2D eigenvalue weighted by Gasteiger charge is -2.07. The molecule has 1 N–H and O–H groups in total. The average molecular weight is 238 g/mol. The second-order valence-electron chi connectivity index (χ2n) is 3.92. The number of ether oxygens (including phenoxy) is 1. The Balaban J connectivity index is 2.12. The van der Waals surface area contributed by atoms with Crippen molar-refractivity contribution in [1.82, 2.24) is 0 Å². The summed E-state index contributed by atoms with van der Waals surface area (Å²) >= 11 is 0. The van der Waals surface area contributed by atoms with Gasteiger partial charge in [0.05, 0.1) is 6.61 Å². The fourth-order valence-corrected chi connectivity index (χ4v) is 1.62. The zero-order valence-corrected chi connectivity index (χ0v) is 9.65. The van der Waals surface area contributed by atoms with Crippen LogP contribution in [0.3, 0.4) is 0 Å². The Morgan fingerprint density at radius 1 is 1.41 bits per heavy atom. The smallest absolute Gasteiger partial charge is 0.136 e. The minimum Gasteiger partial charge on any atom is -0.458 e. The van der Waals surface area contributed by atoms with Crippen molar-refractivity contribution in [2.45, 2.75) is 19.4 Å². The second-order valence-corrected chi connectivity index (χ2v) is 3.92. The molecule has 1 heterocycles. The Hall–Kier alpha value is -1.39. The van der Waals surface area contributed by atoms with Crippen LogP contribution in [0.4, 0.5) is 4.39 Å². The monoisotopic (exact) mass is 238 g/mol. The summed E-state index contributed by atoms with van der Waals surface area (Å²) in [6, 6.07) is 5.89. The van der Waals surface area contributed by atoms with Gasteiger partial charge in [0.15, 0.2) is 0 Å². The third kappa shape index (κ3) is 2.84. The van der Waals surface area contributed by atoms with Crippen molar-refractivity contribution in [3.05, 3.63) is 35.8 Å². The quantitative estimate of drug-likeness (QED) is 0.814. The summed E-state index contributed by atoms with van der Waals surface area (Å²) in [5.41, 5.74) is 0.566. The van der Waals surface area contributed by atoms with Gasteiger partial charge < -0.3 is 14.3 Å². The molecule has 0 bridgehead atoms. The van der Waals surface area contributed by atoms with E-state index in [9.17, 15) is 9.50 Å². The maximum Gasteiger partial charge on any atom is 0.136 e. The lowest BCUT2D eigenvalue weighted by molar-refractivity contribution is 0.0261. The Bertz CT molecular complexity index is 492. The molecule has 1 atom stereocenters. The summed E-state index contributed by atoms with van der Waals surface area (Å²) in [4.78, 5) is 0. The van der Waals surface area contributed by atoms with Crippen molar-refractivity contribution < 1.29 is 18.7 Å². The predicted molar refractivity (Wildman–Crippen MR) is 62.2 cm³/mol. The maximum atomic E-state index is 13.0. The van der Waals surface area contributed by atoms with E-state index in [1.807, 2.05) is 6.92 Å². The van der Waals surface area contributed by atoms with E-state index in [0.29, 0.717) is 23.3 Å². The number of halogens is 1. The highest BCUT2D eigenvalue weighted by Crippen LogP contribution is 2.24. The number of aliphatic hydroxyl groups is 1. The second kappa shape index (κ2) is 5.29. The van der Waals surface area contributed by atoms with Crippen LogP contribution in [0, 0.1) is 5.82 Å². The number of aliphatic hydroxyl groups excluding tert-OH is 1. The first-order valence-electron chi connectivity index (χ1n) is 5.65. The van der Waals surface area contributed by atoms with Crippen LogP contribution in [0.2, 0.25) is 0 Å². The first kappa shape index (κ1) is 12.1. The molecule has 1 aromatic heterocycles. The lowest BCUT2D eigenvalue weighted by atomic mass is 10.2.